The first-order chi connectivity index (χ1) is 11.7. The van der Waals surface area contributed by atoms with Crippen molar-refractivity contribution in [2.75, 3.05) is 31.3 Å². The van der Waals surface area contributed by atoms with Crippen LogP contribution < -0.4 is 11.1 Å². The number of primary amides is 1. The largest absolute Gasteiger partial charge is 0.380 e. The van der Waals surface area contributed by atoms with E-state index < -0.39 is 27.0 Å². The van der Waals surface area contributed by atoms with Gasteiger partial charge in [-0.2, -0.15) is 0 Å². The summed E-state index contributed by atoms with van der Waals surface area (Å²) in [5.41, 5.74) is 6.82. The lowest BCUT2D eigenvalue weighted by molar-refractivity contribution is 0.0825. The topological polar surface area (TPSA) is 119 Å². The molecule has 1 aromatic rings. The fourth-order valence-corrected chi connectivity index (χ4v) is 5.91. The second-order valence-electron chi connectivity index (χ2n) is 6.59. The number of sulfone groups is 1. The molecule has 0 aliphatic carbocycles. The first kappa shape index (κ1) is 17.7. The number of nitrogens with two attached hydrogens (primary N) is 1. The third-order valence-electron chi connectivity index (χ3n) is 4.85. The van der Waals surface area contributed by atoms with Crippen molar-refractivity contribution in [2.24, 2.45) is 11.7 Å². The Balaban J connectivity index is 1.75. The van der Waals surface area contributed by atoms with Gasteiger partial charge in [0, 0.05) is 37.4 Å². The van der Waals surface area contributed by atoms with Crippen LogP contribution in [-0.2, 0) is 14.6 Å². The van der Waals surface area contributed by atoms with Crippen LogP contribution in [0.1, 0.15) is 15.9 Å². The Morgan fingerprint density at radius 1 is 1.28 bits per heavy atom. The third-order valence-corrected chi connectivity index (χ3v) is 7.06. The molecule has 2 aliphatic heterocycles. The number of carbonyl (C=O) groups is 2. The number of methoxy groups -OCH3 is 1. The monoisotopic (exact) mass is 367 g/mol. The summed E-state index contributed by atoms with van der Waals surface area (Å²) in [6, 6.07) is 4.45. The molecule has 0 aromatic heterocycles. The number of carbonyl (C=O) groups excluding carboxylic acids is 2. The molecule has 0 saturated carbocycles. The predicted octanol–water partition coefficient (Wildman–Crippen LogP) is 0.370. The highest BCUT2D eigenvalue weighted by Gasteiger charge is 2.53. The molecule has 2 fully saturated rings. The Hall–Kier alpha value is -2.13. The summed E-state index contributed by atoms with van der Waals surface area (Å²) in [5, 5.41) is 2.13. The summed E-state index contributed by atoms with van der Waals surface area (Å²) in [6.45, 7) is 2.26. The molecule has 3 atom stereocenters. The molecule has 0 radical (unpaired) electrons. The zero-order chi connectivity index (χ0) is 18.4. The van der Waals surface area contributed by atoms with Crippen LogP contribution in [0.3, 0.4) is 0 Å². The van der Waals surface area contributed by atoms with Gasteiger partial charge in [0.1, 0.15) is 0 Å². The second-order valence-corrected chi connectivity index (χ2v) is 8.86. The molecule has 8 nitrogen and oxygen atoms in total. The smallest absolute Gasteiger partial charge is 0.321 e. The van der Waals surface area contributed by atoms with Crippen LogP contribution in [-0.4, -0.2) is 62.6 Å². The fraction of sp³-hybridized carbons (Fsp3) is 0.500. The summed E-state index contributed by atoms with van der Waals surface area (Å²) in [4.78, 5) is 25.3. The number of fused-ring (bicyclic) bond motifs is 1. The van der Waals surface area contributed by atoms with Crippen molar-refractivity contribution in [1.29, 1.82) is 0 Å². The second kappa shape index (κ2) is 6.30. The van der Waals surface area contributed by atoms with Gasteiger partial charge in [-0.1, -0.05) is 0 Å². The normalized spacial score (nSPS) is 27.1. The lowest BCUT2D eigenvalue weighted by Crippen LogP contribution is -2.36. The number of nitrogens with zero attached hydrogens (tertiary/aromatic N) is 1. The zero-order valence-corrected chi connectivity index (χ0v) is 14.9. The number of amides is 3. The van der Waals surface area contributed by atoms with Crippen LogP contribution in [0.2, 0.25) is 0 Å². The molecule has 2 heterocycles. The molecule has 0 unspecified atom stereocenters. The van der Waals surface area contributed by atoms with Crippen LogP contribution in [0.5, 0.6) is 0 Å². The number of rotatable bonds is 3. The molecule has 1 aromatic carbocycles. The number of benzene rings is 1. The van der Waals surface area contributed by atoms with Crippen LogP contribution in [0.4, 0.5) is 10.5 Å². The number of hydrogen-bond acceptors (Lipinski definition) is 5. The first-order valence-corrected chi connectivity index (χ1v) is 9.64. The number of aryl methyl sites for hydroxylation is 1. The molecule has 136 valence electrons. The fourth-order valence-electron chi connectivity index (χ4n) is 3.62. The number of ether oxygens (including phenoxy) is 1. The molecule has 25 heavy (non-hydrogen) atoms. The minimum atomic E-state index is -3.26. The van der Waals surface area contributed by atoms with Crippen LogP contribution >= 0.6 is 0 Å². The van der Waals surface area contributed by atoms with Crippen molar-refractivity contribution in [3.63, 3.8) is 0 Å². The van der Waals surface area contributed by atoms with Gasteiger partial charge in [-0.15, -0.1) is 0 Å². The van der Waals surface area contributed by atoms with Gasteiger partial charge in [0.05, 0.1) is 17.1 Å². The van der Waals surface area contributed by atoms with E-state index in [1.54, 1.807) is 19.1 Å². The van der Waals surface area contributed by atoms with E-state index in [2.05, 4.69) is 5.32 Å². The summed E-state index contributed by atoms with van der Waals surface area (Å²) in [5.74, 6) is -0.780. The third kappa shape index (κ3) is 3.34. The van der Waals surface area contributed by atoms with Gasteiger partial charge in [0.25, 0.3) is 0 Å². The van der Waals surface area contributed by atoms with Gasteiger partial charge in [0.15, 0.2) is 9.84 Å². The molecule has 3 N–H and O–H groups in total. The maximum absolute atomic E-state index is 12.5. The molecular formula is C16H21N3O5S. The standard InChI is InChI=1S/C16H21N3O5S/c1-9-3-10(15(17)20)5-11(4-9)18-16(21)19-6-12-13(24-2)8-25(22,23)14(12)7-19/h3-5,12-14H,6-8H2,1-2H3,(H2,17,20)(H,18,21)/t12-,13+,14-/m0/s1. The first-order valence-electron chi connectivity index (χ1n) is 7.93. The average molecular weight is 367 g/mol. The Labute approximate surface area is 146 Å². The van der Waals surface area contributed by atoms with E-state index in [9.17, 15) is 18.0 Å². The van der Waals surface area contributed by atoms with E-state index >= 15 is 0 Å². The highest BCUT2D eigenvalue weighted by Crippen LogP contribution is 2.35. The van der Waals surface area contributed by atoms with E-state index in [1.165, 1.54) is 18.1 Å². The van der Waals surface area contributed by atoms with Gasteiger partial charge >= 0.3 is 6.03 Å². The summed E-state index contributed by atoms with van der Waals surface area (Å²) < 4.78 is 29.7. The van der Waals surface area contributed by atoms with Crippen molar-refractivity contribution in [1.82, 2.24) is 4.90 Å². The van der Waals surface area contributed by atoms with Crippen LogP contribution in [0.15, 0.2) is 18.2 Å². The number of likely N-dealkylation sites (tertiary alicyclic amines) is 1. The average Bonchev–Trinajstić information content (AvgIpc) is 3.06. The molecule has 0 spiro atoms. The molecule has 9 heteroatoms. The Kier molecular flexibility index (Phi) is 4.46. The molecule has 3 amide bonds. The van der Waals surface area contributed by atoms with Gasteiger partial charge in [-0.25, -0.2) is 13.2 Å². The SMILES string of the molecule is CO[C@@H]1CS(=O)(=O)[C@H]2CN(C(=O)Nc3cc(C)cc(C(N)=O)c3)C[C@@H]12. The van der Waals surface area contributed by atoms with Crippen LogP contribution in [0, 0.1) is 12.8 Å². The molecular weight excluding hydrogens is 346 g/mol. The van der Waals surface area contributed by atoms with E-state index in [0.29, 0.717) is 17.8 Å². The van der Waals surface area contributed by atoms with Crippen molar-refractivity contribution in [2.45, 2.75) is 18.3 Å². The van der Waals surface area contributed by atoms with Crippen LogP contribution in [0.25, 0.3) is 0 Å². The van der Waals surface area contributed by atoms with Crippen molar-refractivity contribution in [3.05, 3.63) is 29.3 Å². The predicted molar refractivity (Wildman–Crippen MR) is 92.2 cm³/mol. The van der Waals surface area contributed by atoms with E-state index in [4.69, 9.17) is 10.5 Å². The highest BCUT2D eigenvalue weighted by atomic mass is 32.2. The van der Waals surface area contributed by atoms with Crippen molar-refractivity contribution in [3.8, 4) is 0 Å². The Bertz CT molecular complexity index is 823. The maximum Gasteiger partial charge on any atom is 0.321 e. The Morgan fingerprint density at radius 3 is 2.64 bits per heavy atom. The minimum Gasteiger partial charge on any atom is -0.380 e. The molecule has 0 bridgehead atoms. The lowest BCUT2D eigenvalue weighted by atomic mass is 10.0. The molecule has 3 rings (SSSR count). The van der Waals surface area contributed by atoms with E-state index in [-0.39, 0.29) is 24.3 Å². The summed E-state index contributed by atoms with van der Waals surface area (Å²) in [6.07, 6.45) is -0.381. The summed E-state index contributed by atoms with van der Waals surface area (Å²) in [7, 11) is -1.77. The Morgan fingerprint density at radius 2 is 2.00 bits per heavy atom. The van der Waals surface area contributed by atoms with Crippen molar-refractivity contribution < 1.29 is 22.7 Å². The van der Waals surface area contributed by atoms with E-state index in [0.717, 1.165) is 5.56 Å². The van der Waals surface area contributed by atoms with Gasteiger partial charge < -0.3 is 20.7 Å². The zero-order valence-electron chi connectivity index (χ0n) is 14.1. The lowest BCUT2D eigenvalue weighted by Gasteiger charge is -2.20. The number of hydrogen-bond donors (Lipinski definition) is 2. The molecule has 2 saturated heterocycles. The number of urea groups is 1. The quantitative estimate of drug-likeness (QED) is 0.800. The van der Waals surface area contributed by atoms with Gasteiger partial charge in [-0.05, 0) is 30.7 Å². The number of nitrogens with one attached hydrogen (secondary N) is 1. The van der Waals surface area contributed by atoms with Gasteiger partial charge in [-0.3, -0.25) is 4.79 Å². The van der Waals surface area contributed by atoms with Crippen molar-refractivity contribution >= 4 is 27.5 Å². The minimum absolute atomic E-state index is 0.00808. The molecule has 2 aliphatic rings. The van der Waals surface area contributed by atoms with Gasteiger partial charge in [0.2, 0.25) is 5.91 Å². The maximum atomic E-state index is 12.5. The summed E-state index contributed by atoms with van der Waals surface area (Å²) >= 11 is 0. The van der Waals surface area contributed by atoms with E-state index in [1.807, 2.05) is 0 Å². The number of anilines is 1. The highest BCUT2D eigenvalue weighted by molar-refractivity contribution is 7.92.